The van der Waals surface area contributed by atoms with Crippen LogP contribution in [-0.2, 0) is 10.0 Å². The molecule has 1 atom stereocenters. The molecule has 3 rings (SSSR count). The van der Waals surface area contributed by atoms with Gasteiger partial charge in [-0.3, -0.25) is 0 Å². The summed E-state index contributed by atoms with van der Waals surface area (Å²) in [4.78, 5) is 0.253. The number of nitrogens with one attached hydrogen (secondary N) is 2. The quantitative estimate of drug-likeness (QED) is 0.568. The highest BCUT2D eigenvalue weighted by atomic mass is 32.2. The van der Waals surface area contributed by atoms with Crippen molar-refractivity contribution in [2.45, 2.75) is 17.9 Å². The number of hydrogen-bond donors (Lipinski definition) is 2. The Hall–Kier alpha value is -2.83. The second kappa shape index (κ2) is 9.39. The monoisotopic (exact) mass is 396 g/mol. The molecule has 0 radical (unpaired) electrons. The fourth-order valence-electron chi connectivity index (χ4n) is 2.83. The van der Waals surface area contributed by atoms with E-state index in [1.165, 1.54) is 0 Å². The molecule has 0 aromatic heterocycles. The maximum absolute atomic E-state index is 12.6. The van der Waals surface area contributed by atoms with Crippen molar-refractivity contribution in [3.05, 3.63) is 90.5 Å². The maximum Gasteiger partial charge on any atom is 0.240 e. The van der Waals surface area contributed by atoms with Crippen molar-refractivity contribution >= 4 is 15.7 Å². The van der Waals surface area contributed by atoms with Gasteiger partial charge in [0, 0.05) is 12.2 Å². The minimum atomic E-state index is -3.58. The number of benzene rings is 3. The third-order valence-corrected chi connectivity index (χ3v) is 5.68. The van der Waals surface area contributed by atoms with Gasteiger partial charge in [-0.15, -0.1) is 0 Å². The maximum atomic E-state index is 12.6. The fourth-order valence-corrected chi connectivity index (χ4v) is 3.90. The van der Waals surface area contributed by atoms with Crippen molar-refractivity contribution in [2.75, 3.05) is 18.5 Å². The first-order valence-corrected chi connectivity index (χ1v) is 10.7. The molecule has 0 aliphatic carbocycles. The molecule has 0 amide bonds. The first-order chi connectivity index (χ1) is 13.6. The Morgan fingerprint density at radius 2 is 1.46 bits per heavy atom. The van der Waals surface area contributed by atoms with Gasteiger partial charge in [-0.25, -0.2) is 13.1 Å². The molecule has 0 spiro atoms. The van der Waals surface area contributed by atoms with Crippen LogP contribution in [-0.4, -0.2) is 21.6 Å². The number of anilines is 1. The number of rotatable bonds is 9. The van der Waals surface area contributed by atoms with Gasteiger partial charge in [-0.05, 0) is 48.9 Å². The lowest BCUT2D eigenvalue weighted by molar-refractivity contribution is 0.340. The average molecular weight is 397 g/mol. The Bertz CT molecular complexity index is 960. The van der Waals surface area contributed by atoms with E-state index in [1.54, 1.807) is 30.3 Å². The predicted molar refractivity (Wildman–Crippen MR) is 112 cm³/mol. The van der Waals surface area contributed by atoms with Crippen LogP contribution >= 0.6 is 0 Å². The summed E-state index contributed by atoms with van der Waals surface area (Å²) in [6.45, 7) is 2.77. The van der Waals surface area contributed by atoms with Gasteiger partial charge in [0.05, 0.1) is 17.5 Å². The standard InChI is InChI=1S/C22H24N2O3S/c1-2-27-20-15-13-19(14-16-20)24-22(18-9-5-3-6-10-18)17-23-28(25,26)21-11-7-4-8-12-21/h3-16,22-24H,2,17H2,1H3/t22-/m1/s1. The molecule has 3 aromatic rings. The number of ether oxygens (including phenoxy) is 1. The molecule has 5 nitrogen and oxygen atoms in total. The molecule has 0 aliphatic heterocycles. The lowest BCUT2D eigenvalue weighted by Crippen LogP contribution is -2.31. The van der Waals surface area contributed by atoms with Crippen molar-refractivity contribution < 1.29 is 13.2 Å². The highest BCUT2D eigenvalue weighted by Crippen LogP contribution is 2.22. The second-order valence-electron chi connectivity index (χ2n) is 6.23. The smallest absolute Gasteiger partial charge is 0.240 e. The predicted octanol–water partition coefficient (Wildman–Crippen LogP) is 4.22. The van der Waals surface area contributed by atoms with Gasteiger partial charge in [0.25, 0.3) is 0 Å². The van der Waals surface area contributed by atoms with Crippen molar-refractivity contribution in [3.8, 4) is 5.75 Å². The van der Waals surface area contributed by atoms with Gasteiger partial charge < -0.3 is 10.1 Å². The van der Waals surface area contributed by atoms with Crippen LogP contribution in [0.3, 0.4) is 0 Å². The van der Waals surface area contributed by atoms with E-state index in [-0.39, 0.29) is 17.5 Å². The van der Waals surface area contributed by atoms with Crippen LogP contribution in [0.4, 0.5) is 5.69 Å². The van der Waals surface area contributed by atoms with E-state index in [9.17, 15) is 8.42 Å². The molecule has 0 fully saturated rings. The average Bonchev–Trinajstić information content (AvgIpc) is 2.74. The molecule has 0 heterocycles. The van der Waals surface area contributed by atoms with Gasteiger partial charge in [0.1, 0.15) is 5.75 Å². The van der Waals surface area contributed by atoms with E-state index in [1.807, 2.05) is 61.5 Å². The molecular weight excluding hydrogens is 372 g/mol. The van der Waals surface area contributed by atoms with Crippen LogP contribution in [0.5, 0.6) is 5.75 Å². The van der Waals surface area contributed by atoms with E-state index in [0.29, 0.717) is 6.61 Å². The van der Waals surface area contributed by atoms with Crippen LogP contribution in [0.2, 0.25) is 0 Å². The van der Waals surface area contributed by atoms with E-state index in [2.05, 4.69) is 10.0 Å². The summed E-state index contributed by atoms with van der Waals surface area (Å²) in [6.07, 6.45) is 0. The number of sulfonamides is 1. The molecule has 3 aromatic carbocycles. The molecule has 0 saturated heterocycles. The number of hydrogen-bond acceptors (Lipinski definition) is 4. The van der Waals surface area contributed by atoms with Gasteiger partial charge in [0.2, 0.25) is 10.0 Å². The molecule has 0 saturated carbocycles. The first kappa shape index (κ1) is 19.9. The molecule has 146 valence electrons. The van der Waals surface area contributed by atoms with Gasteiger partial charge in [-0.1, -0.05) is 48.5 Å². The zero-order valence-electron chi connectivity index (χ0n) is 15.7. The zero-order chi connectivity index (χ0) is 19.8. The molecule has 2 N–H and O–H groups in total. The summed E-state index contributed by atoms with van der Waals surface area (Å²) in [6, 6.07) is 25.5. The lowest BCUT2D eigenvalue weighted by atomic mass is 10.1. The van der Waals surface area contributed by atoms with Crippen LogP contribution in [0.25, 0.3) is 0 Å². The first-order valence-electron chi connectivity index (χ1n) is 9.17. The fraction of sp³-hybridized carbons (Fsp3) is 0.182. The Labute approximate surface area is 166 Å². The molecular formula is C22H24N2O3S. The third kappa shape index (κ3) is 5.34. The topological polar surface area (TPSA) is 67.4 Å². The third-order valence-electron chi connectivity index (χ3n) is 4.24. The Balaban J connectivity index is 1.76. The molecule has 0 bridgehead atoms. The van der Waals surface area contributed by atoms with Crippen LogP contribution in [0.1, 0.15) is 18.5 Å². The molecule has 0 unspecified atom stereocenters. The van der Waals surface area contributed by atoms with Crippen molar-refractivity contribution in [2.24, 2.45) is 0 Å². The van der Waals surface area contributed by atoms with E-state index in [4.69, 9.17) is 4.74 Å². The van der Waals surface area contributed by atoms with Crippen molar-refractivity contribution in [1.82, 2.24) is 4.72 Å². The largest absolute Gasteiger partial charge is 0.494 e. The Morgan fingerprint density at radius 3 is 2.07 bits per heavy atom. The second-order valence-corrected chi connectivity index (χ2v) is 8.00. The minimum Gasteiger partial charge on any atom is -0.494 e. The van der Waals surface area contributed by atoms with Gasteiger partial charge in [0.15, 0.2) is 0 Å². The molecule has 28 heavy (non-hydrogen) atoms. The summed E-state index contributed by atoms with van der Waals surface area (Å²) < 4.78 is 33.3. The Morgan fingerprint density at radius 1 is 0.857 bits per heavy atom. The normalized spacial score (nSPS) is 12.3. The highest BCUT2D eigenvalue weighted by molar-refractivity contribution is 7.89. The summed E-state index contributed by atoms with van der Waals surface area (Å²) >= 11 is 0. The summed E-state index contributed by atoms with van der Waals surface area (Å²) in [5.41, 5.74) is 1.88. The summed E-state index contributed by atoms with van der Waals surface area (Å²) in [7, 11) is -3.58. The highest BCUT2D eigenvalue weighted by Gasteiger charge is 2.18. The Kier molecular flexibility index (Phi) is 6.68. The zero-order valence-corrected chi connectivity index (χ0v) is 16.5. The molecule has 6 heteroatoms. The summed E-state index contributed by atoms with van der Waals surface area (Å²) in [5.74, 6) is 0.800. The SMILES string of the molecule is CCOc1ccc(N[C@H](CNS(=O)(=O)c2ccccc2)c2ccccc2)cc1. The molecule has 0 aliphatic rings. The minimum absolute atomic E-state index is 0.217. The van der Waals surface area contributed by atoms with Gasteiger partial charge >= 0.3 is 0 Å². The van der Waals surface area contributed by atoms with Crippen LogP contribution in [0.15, 0.2) is 89.8 Å². The van der Waals surface area contributed by atoms with Crippen LogP contribution < -0.4 is 14.8 Å². The van der Waals surface area contributed by atoms with E-state index < -0.39 is 10.0 Å². The van der Waals surface area contributed by atoms with E-state index >= 15 is 0 Å². The summed E-state index contributed by atoms with van der Waals surface area (Å²) in [5, 5.41) is 3.41. The van der Waals surface area contributed by atoms with Crippen molar-refractivity contribution in [3.63, 3.8) is 0 Å². The van der Waals surface area contributed by atoms with Crippen LogP contribution in [0, 0.1) is 0 Å². The van der Waals surface area contributed by atoms with E-state index in [0.717, 1.165) is 17.0 Å². The van der Waals surface area contributed by atoms with Gasteiger partial charge in [-0.2, -0.15) is 0 Å². The van der Waals surface area contributed by atoms with Crippen molar-refractivity contribution in [1.29, 1.82) is 0 Å². The lowest BCUT2D eigenvalue weighted by Gasteiger charge is -2.21.